The van der Waals surface area contributed by atoms with E-state index in [-0.39, 0.29) is 11.8 Å². The zero-order valence-electron chi connectivity index (χ0n) is 18.3. The van der Waals surface area contributed by atoms with Gasteiger partial charge in [-0.1, -0.05) is 35.9 Å². The minimum absolute atomic E-state index is 0.210. The van der Waals surface area contributed by atoms with Crippen LogP contribution >= 0.6 is 0 Å². The highest BCUT2D eigenvalue weighted by Gasteiger charge is 2.27. The van der Waals surface area contributed by atoms with E-state index in [1.807, 2.05) is 29.2 Å². The SMILES string of the molecule is COc1ccc(CCC(=O)N2CCC[C@@H](c3nccnc3-c3cccc(C)c3)C2)cc1. The Hall–Kier alpha value is -3.21. The molecule has 3 aromatic rings. The number of ether oxygens (including phenoxy) is 1. The fourth-order valence-corrected chi connectivity index (χ4v) is 4.29. The Kier molecular flexibility index (Phi) is 6.60. The number of amides is 1. The first kappa shape index (κ1) is 21.0. The van der Waals surface area contributed by atoms with E-state index in [1.165, 1.54) is 5.56 Å². The molecule has 1 fully saturated rings. The summed E-state index contributed by atoms with van der Waals surface area (Å²) in [6.45, 7) is 3.61. The Morgan fingerprint density at radius 3 is 2.71 bits per heavy atom. The predicted octanol–water partition coefficient (Wildman–Crippen LogP) is 4.80. The van der Waals surface area contributed by atoms with E-state index >= 15 is 0 Å². The molecule has 0 unspecified atom stereocenters. The van der Waals surface area contributed by atoms with Crippen molar-refractivity contribution in [1.82, 2.24) is 14.9 Å². The number of likely N-dealkylation sites (tertiary alicyclic amines) is 1. The summed E-state index contributed by atoms with van der Waals surface area (Å²) in [5.74, 6) is 1.26. The zero-order chi connectivity index (χ0) is 21.6. The van der Waals surface area contributed by atoms with Crippen molar-refractivity contribution >= 4 is 5.91 Å². The first-order valence-electron chi connectivity index (χ1n) is 10.9. The van der Waals surface area contributed by atoms with E-state index in [1.54, 1.807) is 19.5 Å². The number of piperidine rings is 1. The lowest BCUT2D eigenvalue weighted by Gasteiger charge is -2.33. The fraction of sp³-hybridized carbons (Fsp3) is 0.346. The molecule has 0 bridgehead atoms. The summed E-state index contributed by atoms with van der Waals surface area (Å²) < 4.78 is 5.21. The second-order valence-electron chi connectivity index (χ2n) is 8.19. The molecule has 160 valence electrons. The lowest BCUT2D eigenvalue weighted by molar-refractivity contribution is -0.132. The molecule has 1 aliphatic heterocycles. The number of benzene rings is 2. The number of hydrogen-bond donors (Lipinski definition) is 0. The van der Waals surface area contributed by atoms with Crippen molar-refractivity contribution < 1.29 is 9.53 Å². The van der Waals surface area contributed by atoms with Gasteiger partial charge in [0.15, 0.2) is 0 Å². The highest BCUT2D eigenvalue weighted by Crippen LogP contribution is 2.32. The van der Waals surface area contributed by atoms with Crippen LogP contribution in [0.3, 0.4) is 0 Å². The van der Waals surface area contributed by atoms with Gasteiger partial charge in [0.1, 0.15) is 5.75 Å². The summed E-state index contributed by atoms with van der Waals surface area (Å²) in [5.41, 5.74) is 5.38. The first-order valence-corrected chi connectivity index (χ1v) is 10.9. The number of aryl methyl sites for hydroxylation is 2. The van der Waals surface area contributed by atoms with Crippen LogP contribution in [0.15, 0.2) is 60.9 Å². The molecule has 0 radical (unpaired) electrons. The molecule has 31 heavy (non-hydrogen) atoms. The zero-order valence-corrected chi connectivity index (χ0v) is 18.3. The van der Waals surface area contributed by atoms with Crippen LogP contribution in [0.2, 0.25) is 0 Å². The number of nitrogens with zero attached hydrogens (tertiary/aromatic N) is 3. The van der Waals surface area contributed by atoms with Crippen LogP contribution in [0.25, 0.3) is 11.3 Å². The highest BCUT2D eigenvalue weighted by molar-refractivity contribution is 5.76. The van der Waals surface area contributed by atoms with Gasteiger partial charge in [0.05, 0.1) is 18.5 Å². The van der Waals surface area contributed by atoms with Crippen molar-refractivity contribution in [3.8, 4) is 17.0 Å². The van der Waals surface area contributed by atoms with Gasteiger partial charge in [0.25, 0.3) is 0 Å². The van der Waals surface area contributed by atoms with Gasteiger partial charge in [-0.3, -0.25) is 14.8 Å². The van der Waals surface area contributed by atoms with Gasteiger partial charge in [-0.2, -0.15) is 0 Å². The standard InChI is InChI=1S/C26H29N3O2/c1-19-5-3-6-21(17-19)25-26(28-15-14-27-25)22-7-4-16-29(18-22)24(30)13-10-20-8-11-23(31-2)12-9-20/h3,5-6,8-9,11-12,14-15,17,22H,4,7,10,13,16,18H2,1-2H3/t22-/m1/s1. The van der Waals surface area contributed by atoms with Gasteiger partial charge in [0, 0.05) is 43.4 Å². The lowest BCUT2D eigenvalue weighted by atomic mass is 9.91. The average Bonchev–Trinajstić information content (AvgIpc) is 2.83. The largest absolute Gasteiger partial charge is 0.497 e. The van der Waals surface area contributed by atoms with E-state index in [9.17, 15) is 4.79 Å². The monoisotopic (exact) mass is 415 g/mol. The molecule has 5 nitrogen and oxygen atoms in total. The average molecular weight is 416 g/mol. The molecule has 1 aromatic heterocycles. The second-order valence-corrected chi connectivity index (χ2v) is 8.19. The van der Waals surface area contributed by atoms with E-state index in [2.05, 4.69) is 36.2 Å². The Morgan fingerprint density at radius 2 is 1.94 bits per heavy atom. The molecule has 1 saturated heterocycles. The fourth-order valence-electron chi connectivity index (χ4n) is 4.29. The number of carbonyl (C=O) groups is 1. The smallest absolute Gasteiger partial charge is 0.222 e. The molecule has 1 amide bonds. The summed E-state index contributed by atoms with van der Waals surface area (Å²) in [6, 6.07) is 16.3. The quantitative estimate of drug-likeness (QED) is 0.580. The molecular formula is C26H29N3O2. The van der Waals surface area contributed by atoms with Crippen molar-refractivity contribution in [2.75, 3.05) is 20.2 Å². The summed E-state index contributed by atoms with van der Waals surface area (Å²) in [4.78, 5) is 24.3. The Labute approximate surface area is 184 Å². The third-order valence-corrected chi connectivity index (χ3v) is 5.97. The van der Waals surface area contributed by atoms with Gasteiger partial charge in [-0.25, -0.2) is 0 Å². The van der Waals surface area contributed by atoms with Crippen LogP contribution in [0.5, 0.6) is 5.75 Å². The van der Waals surface area contributed by atoms with Crippen LogP contribution in [0.1, 0.15) is 42.0 Å². The molecule has 4 rings (SSSR count). The third kappa shape index (κ3) is 5.10. The number of rotatable bonds is 6. The number of aromatic nitrogens is 2. The van der Waals surface area contributed by atoms with Crippen molar-refractivity contribution in [3.63, 3.8) is 0 Å². The second kappa shape index (κ2) is 9.73. The summed E-state index contributed by atoms with van der Waals surface area (Å²) in [6.07, 6.45) is 6.79. The molecule has 2 heterocycles. The van der Waals surface area contributed by atoms with Gasteiger partial charge in [-0.05, 0) is 49.9 Å². The van der Waals surface area contributed by atoms with Crippen LogP contribution in [0, 0.1) is 6.92 Å². The van der Waals surface area contributed by atoms with Gasteiger partial charge < -0.3 is 9.64 Å². The molecule has 0 N–H and O–H groups in total. The van der Waals surface area contributed by atoms with Gasteiger partial charge in [-0.15, -0.1) is 0 Å². The maximum absolute atomic E-state index is 12.9. The van der Waals surface area contributed by atoms with Crippen LogP contribution < -0.4 is 4.74 Å². The van der Waals surface area contributed by atoms with E-state index in [0.717, 1.165) is 54.1 Å². The molecular weight excluding hydrogens is 386 g/mol. The number of hydrogen-bond acceptors (Lipinski definition) is 4. The van der Waals surface area contributed by atoms with Crippen molar-refractivity contribution in [1.29, 1.82) is 0 Å². The summed E-state index contributed by atoms with van der Waals surface area (Å²) in [5, 5.41) is 0. The summed E-state index contributed by atoms with van der Waals surface area (Å²) >= 11 is 0. The van der Waals surface area contributed by atoms with Crippen LogP contribution in [0.4, 0.5) is 0 Å². The molecule has 0 saturated carbocycles. The lowest BCUT2D eigenvalue weighted by Crippen LogP contribution is -2.39. The minimum atomic E-state index is 0.210. The van der Waals surface area contributed by atoms with Crippen molar-refractivity contribution in [3.05, 3.63) is 77.7 Å². The Balaban J connectivity index is 1.44. The summed E-state index contributed by atoms with van der Waals surface area (Å²) in [7, 11) is 1.66. The molecule has 0 aliphatic carbocycles. The topological polar surface area (TPSA) is 55.3 Å². The Morgan fingerprint density at radius 1 is 1.13 bits per heavy atom. The molecule has 0 spiro atoms. The first-order chi connectivity index (χ1) is 15.1. The van der Waals surface area contributed by atoms with Crippen molar-refractivity contribution in [2.24, 2.45) is 0 Å². The number of carbonyl (C=O) groups excluding carboxylic acids is 1. The number of methoxy groups -OCH3 is 1. The third-order valence-electron chi connectivity index (χ3n) is 5.97. The van der Waals surface area contributed by atoms with Crippen molar-refractivity contribution in [2.45, 2.75) is 38.5 Å². The van der Waals surface area contributed by atoms with Crippen LogP contribution in [-0.2, 0) is 11.2 Å². The predicted molar refractivity (Wildman–Crippen MR) is 122 cm³/mol. The van der Waals surface area contributed by atoms with Crippen LogP contribution in [-0.4, -0.2) is 41.0 Å². The highest BCUT2D eigenvalue weighted by atomic mass is 16.5. The molecule has 5 heteroatoms. The molecule has 2 aromatic carbocycles. The van der Waals surface area contributed by atoms with E-state index in [4.69, 9.17) is 9.72 Å². The van der Waals surface area contributed by atoms with E-state index in [0.29, 0.717) is 13.0 Å². The molecule has 1 atom stereocenters. The normalized spacial score (nSPS) is 16.2. The van der Waals surface area contributed by atoms with Gasteiger partial charge in [0.2, 0.25) is 5.91 Å². The molecule has 1 aliphatic rings. The van der Waals surface area contributed by atoms with Gasteiger partial charge >= 0.3 is 0 Å². The maximum Gasteiger partial charge on any atom is 0.222 e. The maximum atomic E-state index is 12.9. The van der Waals surface area contributed by atoms with E-state index < -0.39 is 0 Å². The Bertz CT molecular complexity index is 1030. The minimum Gasteiger partial charge on any atom is -0.497 e.